The van der Waals surface area contributed by atoms with Crippen molar-refractivity contribution in [1.82, 2.24) is 9.80 Å². The van der Waals surface area contributed by atoms with Gasteiger partial charge in [0.1, 0.15) is 11.4 Å². The number of ether oxygens (including phenoxy) is 2. The maximum atomic E-state index is 12.5. The summed E-state index contributed by atoms with van der Waals surface area (Å²) in [6.45, 7) is 7.11. The Labute approximate surface area is 156 Å². The normalized spacial score (nSPS) is 29.7. The fraction of sp³-hybridized carbons (Fsp3) is 0.667. The van der Waals surface area contributed by atoms with E-state index in [4.69, 9.17) is 9.47 Å². The van der Waals surface area contributed by atoms with Gasteiger partial charge in [0, 0.05) is 37.7 Å². The van der Waals surface area contributed by atoms with E-state index in [0.29, 0.717) is 25.6 Å². The predicted molar refractivity (Wildman–Crippen MR) is 100 cm³/mol. The number of morpholine rings is 1. The number of carbonyl (C=O) groups is 1. The molecule has 5 nitrogen and oxygen atoms in total. The molecule has 0 radical (unpaired) electrons. The van der Waals surface area contributed by atoms with Gasteiger partial charge in [-0.2, -0.15) is 0 Å². The number of fused-ring (bicyclic) bond motifs is 1. The number of benzene rings is 1. The molecule has 5 heteroatoms. The number of hydrogen-bond donors (Lipinski definition) is 0. The van der Waals surface area contributed by atoms with Gasteiger partial charge in [0.15, 0.2) is 0 Å². The zero-order valence-corrected chi connectivity index (χ0v) is 15.8. The van der Waals surface area contributed by atoms with Crippen molar-refractivity contribution < 1.29 is 14.3 Å². The molecule has 0 N–H and O–H groups in total. The van der Waals surface area contributed by atoms with Crippen LogP contribution in [0.5, 0.6) is 5.75 Å². The molecule has 1 saturated heterocycles. The first kappa shape index (κ1) is 17.8. The van der Waals surface area contributed by atoms with Gasteiger partial charge < -0.3 is 14.4 Å². The molecular formula is C21H30N2O3. The first-order chi connectivity index (χ1) is 12.7. The second-order valence-corrected chi connectivity index (χ2v) is 7.88. The fourth-order valence-corrected chi connectivity index (χ4v) is 4.71. The number of hydrogen-bond acceptors (Lipinski definition) is 4. The van der Waals surface area contributed by atoms with Crippen LogP contribution in [0.2, 0.25) is 0 Å². The fourth-order valence-electron chi connectivity index (χ4n) is 4.71. The number of nitrogens with zero attached hydrogens (tertiary/aromatic N) is 2. The van der Waals surface area contributed by atoms with E-state index in [1.807, 2.05) is 24.0 Å². The molecule has 3 aliphatic rings. The van der Waals surface area contributed by atoms with Gasteiger partial charge in [-0.05, 0) is 31.7 Å². The van der Waals surface area contributed by atoms with Crippen LogP contribution in [0.15, 0.2) is 24.3 Å². The van der Waals surface area contributed by atoms with Crippen LogP contribution in [0.1, 0.15) is 44.6 Å². The van der Waals surface area contributed by atoms with Crippen LogP contribution in [0.3, 0.4) is 0 Å². The van der Waals surface area contributed by atoms with Gasteiger partial charge in [0.05, 0.1) is 19.8 Å². The van der Waals surface area contributed by atoms with Crippen molar-refractivity contribution in [2.75, 3.05) is 32.8 Å². The maximum Gasteiger partial charge on any atom is 0.222 e. The van der Waals surface area contributed by atoms with E-state index in [1.54, 1.807) is 0 Å². The molecule has 142 valence electrons. The minimum atomic E-state index is -0.236. The zero-order chi connectivity index (χ0) is 18.0. The molecule has 1 amide bonds. The molecule has 0 bridgehead atoms. The van der Waals surface area contributed by atoms with Crippen molar-refractivity contribution in [1.29, 1.82) is 0 Å². The SMILES string of the molecule is CCC(=O)N1Cc2ccccc2OC2(CCC(N3CCOCC3)CC2)C1. The molecule has 2 heterocycles. The Balaban J connectivity index is 1.52. The summed E-state index contributed by atoms with van der Waals surface area (Å²) in [5.74, 6) is 1.18. The molecule has 1 aromatic carbocycles. The lowest BCUT2D eigenvalue weighted by Crippen LogP contribution is -2.53. The molecule has 1 aromatic rings. The van der Waals surface area contributed by atoms with Crippen molar-refractivity contribution in [3.63, 3.8) is 0 Å². The highest BCUT2D eigenvalue weighted by atomic mass is 16.5. The van der Waals surface area contributed by atoms with Crippen LogP contribution in [0.4, 0.5) is 0 Å². The van der Waals surface area contributed by atoms with Gasteiger partial charge in [-0.3, -0.25) is 9.69 Å². The zero-order valence-electron chi connectivity index (χ0n) is 15.8. The number of amides is 1. The van der Waals surface area contributed by atoms with Gasteiger partial charge in [0.25, 0.3) is 0 Å². The Bertz CT molecular complexity index is 634. The third-order valence-electron chi connectivity index (χ3n) is 6.22. The second kappa shape index (κ2) is 7.57. The summed E-state index contributed by atoms with van der Waals surface area (Å²) < 4.78 is 12.1. The molecule has 2 aliphatic heterocycles. The number of para-hydroxylation sites is 1. The minimum Gasteiger partial charge on any atom is -0.485 e. The first-order valence-corrected chi connectivity index (χ1v) is 10.1. The molecule has 2 fully saturated rings. The topological polar surface area (TPSA) is 42.0 Å². The first-order valence-electron chi connectivity index (χ1n) is 10.1. The summed E-state index contributed by atoms with van der Waals surface area (Å²) in [4.78, 5) is 17.1. The summed E-state index contributed by atoms with van der Waals surface area (Å²) in [5, 5.41) is 0. The van der Waals surface area contributed by atoms with Crippen LogP contribution in [0, 0.1) is 0 Å². The van der Waals surface area contributed by atoms with Gasteiger partial charge in [0.2, 0.25) is 5.91 Å². The van der Waals surface area contributed by atoms with Gasteiger partial charge in [-0.25, -0.2) is 0 Å². The maximum absolute atomic E-state index is 12.5. The van der Waals surface area contributed by atoms with E-state index < -0.39 is 0 Å². The summed E-state index contributed by atoms with van der Waals surface area (Å²) in [6, 6.07) is 8.84. The summed E-state index contributed by atoms with van der Waals surface area (Å²) in [7, 11) is 0. The third kappa shape index (κ3) is 3.60. The number of rotatable bonds is 2. The van der Waals surface area contributed by atoms with E-state index in [-0.39, 0.29) is 11.5 Å². The standard InChI is InChI=1S/C21H30N2O3/c1-2-20(24)23-15-17-5-3-4-6-19(17)26-21(16-23)9-7-18(8-10-21)22-11-13-25-14-12-22/h3-6,18H,2,7-16H2,1H3. The van der Waals surface area contributed by atoms with E-state index in [0.717, 1.165) is 63.3 Å². The number of carbonyl (C=O) groups excluding carboxylic acids is 1. The Morgan fingerprint density at radius 1 is 1.19 bits per heavy atom. The summed E-state index contributed by atoms with van der Waals surface area (Å²) in [5.41, 5.74) is 0.890. The van der Waals surface area contributed by atoms with Crippen molar-refractivity contribution in [3.8, 4) is 5.75 Å². The molecule has 1 aliphatic carbocycles. The van der Waals surface area contributed by atoms with E-state index in [1.165, 1.54) is 0 Å². The summed E-state index contributed by atoms with van der Waals surface area (Å²) >= 11 is 0. The average molecular weight is 358 g/mol. The Morgan fingerprint density at radius 3 is 2.65 bits per heavy atom. The van der Waals surface area contributed by atoms with Crippen LogP contribution >= 0.6 is 0 Å². The highest BCUT2D eigenvalue weighted by molar-refractivity contribution is 5.76. The molecule has 26 heavy (non-hydrogen) atoms. The average Bonchev–Trinajstić information content (AvgIpc) is 2.85. The lowest BCUT2D eigenvalue weighted by molar-refractivity contribution is -0.135. The highest BCUT2D eigenvalue weighted by Gasteiger charge is 2.43. The van der Waals surface area contributed by atoms with Crippen molar-refractivity contribution in [2.24, 2.45) is 0 Å². The van der Waals surface area contributed by atoms with Crippen LogP contribution < -0.4 is 4.74 Å². The molecule has 1 saturated carbocycles. The second-order valence-electron chi connectivity index (χ2n) is 7.88. The summed E-state index contributed by atoms with van der Waals surface area (Å²) in [6.07, 6.45) is 4.84. The van der Waals surface area contributed by atoms with Crippen molar-refractivity contribution in [3.05, 3.63) is 29.8 Å². The largest absolute Gasteiger partial charge is 0.485 e. The Hall–Kier alpha value is -1.59. The highest BCUT2D eigenvalue weighted by Crippen LogP contribution is 2.39. The molecule has 4 rings (SSSR count). The van der Waals surface area contributed by atoms with Crippen LogP contribution in [-0.4, -0.2) is 60.2 Å². The third-order valence-corrected chi connectivity index (χ3v) is 6.22. The minimum absolute atomic E-state index is 0.222. The molecule has 1 spiro atoms. The lowest BCUT2D eigenvalue weighted by atomic mass is 9.80. The predicted octanol–water partition coefficient (Wildman–Crippen LogP) is 2.83. The van der Waals surface area contributed by atoms with Gasteiger partial charge >= 0.3 is 0 Å². The van der Waals surface area contributed by atoms with Gasteiger partial charge in [-0.15, -0.1) is 0 Å². The van der Waals surface area contributed by atoms with Gasteiger partial charge in [-0.1, -0.05) is 25.1 Å². The smallest absolute Gasteiger partial charge is 0.222 e. The Kier molecular flexibility index (Phi) is 5.18. The van der Waals surface area contributed by atoms with Crippen LogP contribution in [0.25, 0.3) is 0 Å². The van der Waals surface area contributed by atoms with Crippen molar-refractivity contribution in [2.45, 2.75) is 57.2 Å². The van der Waals surface area contributed by atoms with E-state index in [2.05, 4.69) is 17.0 Å². The van der Waals surface area contributed by atoms with Crippen molar-refractivity contribution >= 4 is 5.91 Å². The monoisotopic (exact) mass is 358 g/mol. The molecule has 0 unspecified atom stereocenters. The molecular weight excluding hydrogens is 328 g/mol. The van der Waals surface area contributed by atoms with Crippen LogP contribution in [-0.2, 0) is 16.1 Å². The van der Waals surface area contributed by atoms with E-state index >= 15 is 0 Å². The molecule has 0 atom stereocenters. The lowest BCUT2D eigenvalue weighted by Gasteiger charge is -2.45. The van der Waals surface area contributed by atoms with E-state index in [9.17, 15) is 4.79 Å². The Morgan fingerprint density at radius 2 is 1.92 bits per heavy atom. The quantitative estimate of drug-likeness (QED) is 0.815. The molecule has 0 aromatic heterocycles.